The third-order valence-electron chi connectivity index (χ3n) is 2.85. The van der Waals surface area contributed by atoms with Gasteiger partial charge in [0, 0.05) is 20.0 Å². The van der Waals surface area contributed by atoms with Gasteiger partial charge in [0.25, 0.3) is 5.91 Å². The molecule has 7 nitrogen and oxygen atoms in total. The monoisotopic (exact) mass is 314 g/mol. The van der Waals surface area contributed by atoms with Crippen molar-refractivity contribution in [3.05, 3.63) is 38.9 Å². The Balaban J connectivity index is 2.81. The van der Waals surface area contributed by atoms with Crippen molar-refractivity contribution in [1.82, 2.24) is 4.90 Å². The molecule has 0 radical (unpaired) electrons. The first-order valence-corrected chi connectivity index (χ1v) is 6.51. The highest BCUT2D eigenvalue weighted by Crippen LogP contribution is 2.28. The van der Waals surface area contributed by atoms with Gasteiger partial charge in [-0.1, -0.05) is 17.7 Å². The molecule has 1 aromatic carbocycles. The van der Waals surface area contributed by atoms with Gasteiger partial charge in [0.1, 0.15) is 10.6 Å². The molecule has 0 aliphatic heterocycles. The van der Waals surface area contributed by atoms with Gasteiger partial charge in [0.05, 0.1) is 12.0 Å². The van der Waals surface area contributed by atoms with E-state index in [1.54, 1.807) is 0 Å². The Kier molecular flexibility index (Phi) is 6.10. The van der Waals surface area contributed by atoms with Crippen molar-refractivity contribution in [2.24, 2.45) is 0 Å². The Morgan fingerprint density at radius 2 is 2.10 bits per heavy atom. The molecule has 1 amide bonds. The molecular weight excluding hydrogens is 300 g/mol. The second kappa shape index (κ2) is 7.58. The third-order valence-corrected chi connectivity index (χ3v) is 3.15. The highest BCUT2D eigenvalue weighted by molar-refractivity contribution is 6.33. The summed E-state index contributed by atoms with van der Waals surface area (Å²) in [5.41, 5.74) is -0.489. The van der Waals surface area contributed by atoms with Crippen LogP contribution < -0.4 is 0 Å². The van der Waals surface area contributed by atoms with Crippen LogP contribution in [-0.2, 0) is 9.53 Å². The number of nitrogens with zero attached hydrogens (tertiary/aromatic N) is 2. The molecule has 0 aliphatic carbocycles. The Morgan fingerprint density at radius 3 is 2.67 bits per heavy atom. The first-order valence-electron chi connectivity index (χ1n) is 6.13. The molecular formula is C13H15ClN2O5. The molecule has 0 aliphatic rings. The van der Waals surface area contributed by atoms with E-state index in [4.69, 9.17) is 11.6 Å². The van der Waals surface area contributed by atoms with Gasteiger partial charge >= 0.3 is 11.7 Å². The molecule has 8 heteroatoms. The number of nitro benzene ring substituents is 1. The maximum atomic E-state index is 12.2. The number of methoxy groups -OCH3 is 1. The molecule has 0 atom stereocenters. The summed E-state index contributed by atoms with van der Waals surface area (Å²) in [7, 11) is 2.79. The van der Waals surface area contributed by atoms with Gasteiger partial charge < -0.3 is 9.64 Å². The minimum Gasteiger partial charge on any atom is -0.469 e. The summed E-state index contributed by atoms with van der Waals surface area (Å²) < 4.78 is 4.49. The van der Waals surface area contributed by atoms with E-state index in [2.05, 4.69) is 4.74 Å². The van der Waals surface area contributed by atoms with Gasteiger partial charge in [-0.3, -0.25) is 19.7 Å². The largest absolute Gasteiger partial charge is 0.469 e. The average molecular weight is 315 g/mol. The number of ether oxygens (including phenoxy) is 1. The zero-order valence-corrected chi connectivity index (χ0v) is 12.4. The number of amides is 1. The first kappa shape index (κ1) is 16.9. The van der Waals surface area contributed by atoms with Crippen molar-refractivity contribution in [1.29, 1.82) is 0 Å². The standard InChI is InChI=1S/C13H15ClN2O5/c1-15(8-4-7-11(17)21-2)13(18)9-5-3-6-10(14)12(9)16(19)20/h3,5-6H,4,7-8H2,1-2H3. The fourth-order valence-corrected chi connectivity index (χ4v) is 1.99. The number of nitro groups is 1. The number of benzene rings is 1. The van der Waals surface area contributed by atoms with Crippen LogP contribution in [0.4, 0.5) is 5.69 Å². The molecule has 0 saturated carbocycles. The minimum atomic E-state index is -0.683. The van der Waals surface area contributed by atoms with Crippen LogP contribution in [0.25, 0.3) is 0 Å². The molecule has 0 unspecified atom stereocenters. The summed E-state index contributed by atoms with van der Waals surface area (Å²) in [6, 6.07) is 4.18. The van der Waals surface area contributed by atoms with Crippen molar-refractivity contribution in [2.75, 3.05) is 20.7 Å². The quantitative estimate of drug-likeness (QED) is 0.456. The van der Waals surface area contributed by atoms with E-state index in [0.717, 1.165) is 0 Å². The van der Waals surface area contributed by atoms with Crippen molar-refractivity contribution in [3.63, 3.8) is 0 Å². The molecule has 0 saturated heterocycles. The normalized spacial score (nSPS) is 10.0. The molecule has 0 fully saturated rings. The summed E-state index contributed by atoms with van der Waals surface area (Å²) in [5, 5.41) is 10.9. The van der Waals surface area contributed by atoms with E-state index >= 15 is 0 Å². The maximum Gasteiger partial charge on any atom is 0.305 e. The van der Waals surface area contributed by atoms with Crippen LogP contribution in [0.5, 0.6) is 0 Å². The van der Waals surface area contributed by atoms with E-state index in [1.165, 1.54) is 37.3 Å². The lowest BCUT2D eigenvalue weighted by atomic mass is 10.1. The fraction of sp³-hybridized carbons (Fsp3) is 0.385. The predicted octanol–water partition coefficient (Wildman–Crippen LogP) is 2.27. The fourth-order valence-electron chi connectivity index (χ4n) is 1.74. The molecule has 1 aromatic rings. The Hall–Kier alpha value is -2.15. The number of carbonyl (C=O) groups excluding carboxylic acids is 2. The summed E-state index contributed by atoms with van der Waals surface area (Å²) in [4.78, 5) is 34.8. The van der Waals surface area contributed by atoms with Gasteiger partial charge in [-0.2, -0.15) is 0 Å². The lowest BCUT2D eigenvalue weighted by Gasteiger charge is -2.17. The summed E-state index contributed by atoms with van der Waals surface area (Å²) >= 11 is 5.76. The van der Waals surface area contributed by atoms with Gasteiger partial charge in [-0.25, -0.2) is 0 Å². The highest BCUT2D eigenvalue weighted by atomic mass is 35.5. The Morgan fingerprint density at radius 1 is 1.43 bits per heavy atom. The number of hydrogen-bond acceptors (Lipinski definition) is 5. The van der Waals surface area contributed by atoms with Crippen molar-refractivity contribution < 1.29 is 19.2 Å². The SMILES string of the molecule is COC(=O)CCCN(C)C(=O)c1cccc(Cl)c1[N+](=O)[O-]. The smallest absolute Gasteiger partial charge is 0.305 e. The lowest BCUT2D eigenvalue weighted by molar-refractivity contribution is -0.385. The number of rotatable bonds is 6. The van der Waals surface area contributed by atoms with Gasteiger partial charge in [0.15, 0.2) is 0 Å². The molecule has 114 valence electrons. The van der Waals surface area contributed by atoms with Crippen molar-refractivity contribution in [2.45, 2.75) is 12.8 Å². The van der Waals surface area contributed by atoms with Crippen LogP contribution in [-0.4, -0.2) is 42.4 Å². The second-order valence-electron chi connectivity index (χ2n) is 4.30. The van der Waals surface area contributed by atoms with E-state index in [1.807, 2.05) is 0 Å². The molecule has 1 rings (SSSR count). The Labute approximate surface area is 126 Å². The first-order chi connectivity index (χ1) is 9.88. The topological polar surface area (TPSA) is 89.8 Å². The molecule has 0 heterocycles. The van der Waals surface area contributed by atoms with Crippen LogP contribution in [0, 0.1) is 10.1 Å². The number of para-hydroxylation sites is 1. The van der Waals surface area contributed by atoms with Gasteiger partial charge in [-0.05, 0) is 18.6 Å². The third kappa shape index (κ3) is 4.42. The van der Waals surface area contributed by atoms with E-state index in [9.17, 15) is 19.7 Å². The minimum absolute atomic E-state index is 0.0759. The summed E-state index contributed by atoms with van der Waals surface area (Å²) in [5.74, 6) is -0.890. The molecule has 0 bridgehead atoms. The van der Waals surface area contributed by atoms with E-state index in [-0.39, 0.29) is 29.5 Å². The molecule has 0 spiro atoms. The van der Waals surface area contributed by atoms with Crippen LogP contribution in [0.3, 0.4) is 0 Å². The molecule has 21 heavy (non-hydrogen) atoms. The van der Waals surface area contributed by atoms with Crippen LogP contribution >= 0.6 is 11.6 Å². The van der Waals surface area contributed by atoms with Crippen LogP contribution in [0.1, 0.15) is 23.2 Å². The Bertz CT molecular complexity index is 561. The number of halogens is 1. The molecule has 0 aromatic heterocycles. The summed E-state index contributed by atoms with van der Waals surface area (Å²) in [6.07, 6.45) is 0.578. The predicted molar refractivity (Wildman–Crippen MR) is 76.3 cm³/mol. The summed E-state index contributed by atoms with van der Waals surface area (Å²) in [6.45, 7) is 0.275. The van der Waals surface area contributed by atoms with E-state index in [0.29, 0.717) is 6.42 Å². The van der Waals surface area contributed by atoms with Gasteiger partial charge in [0.2, 0.25) is 0 Å². The number of hydrogen-bond donors (Lipinski definition) is 0. The zero-order chi connectivity index (χ0) is 16.0. The molecule has 0 N–H and O–H groups in total. The number of carbonyl (C=O) groups is 2. The number of esters is 1. The second-order valence-corrected chi connectivity index (χ2v) is 4.71. The lowest BCUT2D eigenvalue weighted by Crippen LogP contribution is -2.28. The van der Waals surface area contributed by atoms with Crippen molar-refractivity contribution >= 4 is 29.2 Å². The van der Waals surface area contributed by atoms with Crippen LogP contribution in [0.2, 0.25) is 5.02 Å². The van der Waals surface area contributed by atoms with Gasteiger partial charge in [-0.15, -0.1) is 0 Å². The average Bonchev–Trinajstić information content (AvgIpc) is 2.45. The highest BCUT2D eigenvalue weighted by Gasteiger charge is 2.25. The van der Waals surface area contributed by atoms with E-state index < -0.39 is 16.5 Å². The maximum absolute atomic E-state index is 12.2. The van der Waals surface area contributed by atoms with Crippen molar-refractivity contribution in [3.8, 4) is 0 Å². The zero-order valence-electron chi connectivity index (χ0n) is 11.7. The van der Waals surface area contributed by atoms with Crippen LogP contribution in [0.15, 0.2) is 18.2 Å².